The van der Waals surface area contributed by atoms with Crippen molar-refractivity contribution in [2.75, 3.05) is 0 Å². The maximum Gasteiger partial charge on any atom is 0.163 e. The van der Waals surface area contributed by atoms with Crippen LogP contribution in [0.25, 0.3) is 0 Å². The van der Waals surface area contributed by atoms with Gasteiger partial charge in [-0.3, -0.25) is 4.79 Å². The molecule has 0 N–H and O–H groups in total. The molecular formula is C21H22O. The van der Waals surface area contributed by atoms with Crippen molar-refractivity contribution in [2.24, 2.45) is 5.92 Å². The molecule has 0 aliphatic heterocycles. The Hall–Kier alpha value is -1.89. The van der Waals surface area contributed by atoms with E-state index in [9.17, 15) is 4.79 Å². The van der Waals surface area contributed by atoms with Gasteiger partial charge in [-0.05, 0) is 71.9 Å². The molecule has 1 heteroatoms. The zero-order chi connectivity index (χ0) is 15.1. The monoisotopic (exact) mass is 290 g/mol. The molecule has 0 fully saturated rings. The molecule has 2 aliphatic rings. The molecule has 2 aromatic carbocycles. The normalized spacial score (nSPS) is 19.9. The Morgan fingerprint density at radius 3 is 2.68 bits per heavy atom. The van der Waals surface area contributed by atoms with Crippen molar-refractivity contribution in [1.82, 2.24) is 0 Å². The third-order valence-corrected chi connectivity index (χ3v) is 5.34. The highest BCUT2D eigenvalue weighted by molar-refractivity contribution is 6.01. The van der Waals surface area contributed by atoms with Crippen molar-refractivity contribution in [3.8, 4) is 0 Å². The van der Waals surface area contributed by atoms with Gasteiger partial charge in [-0.2, -0.15) is 0 Å². The Kier molecular flexibility index (Phi) is 3.37. The summed E-state index contributed by atoms with van der Waals surface area (Å²) in [5.41, 5.74) is 8.20. The second-order valence-electron chi connectivity index (χ2n) is 6.95. The van der Waals surface area contributed by atoms with Crippen LogP contribution in [-0.2, 0) is 25.7 Å². The van der Waals surface area contributed by atoms with Gasteiger partial charge in [0.05, 0.1) is 0 Å². The van der Waals surface area contributed by atoms with Crippen LogP contribution < -0.4 is 0 Å². The van der Waals surface area contributed by atoms with Crippen molar-refractivity contribution in [2.45, 2.75) is 45.4 Å². The number of carbonyl (C=O) groups is 1. The highest BCUT2D eigenvalue weighted by Crippen LogP contribution is 2.36. The average Bonchev–Trinajstić information content (AvgIpc) is 2.89. The lowest BCUT2D eigenvalue weighted by Crippen LogP contribution is -2.16. The van der Waals surface area contributed by atoms with Gasteiger partial charge >= 0.3 is 0 Å². The van der Waals surface area contributed by atoms with E-state index in [-0.39, 0.29) is 0 Å². The molecule has 22 heavy (non-hydrogen) atoms. The van der Waals surface area contributed by atoms with E-state index in [2.05, 4.69) is 43.3 Å². The molecule has 4 rings (SSSR count). The number of fused-ring (bicyclic) bond motifs is 2. The number of ketones is 1. The van der Waals surface area contributed by atoms with Gasteiger partial charge in [-0.25, -0.2) is 0 Å². The maximum atomic E-state index is 12.2. The first kappa shape index (κ1) is 13.8. The summed E-state index contributed by atoms with van der Waals surface area (Å²) in [4.78, 5) is 12.2. The Bertz CT molecular complexity index is 727. The number of rotatable bonds is 2. The third kappa shape index (κ3) is 2.29. The Morgan fingerprint density at radius 2 is 1.86 bits per heavy atom. The number of hydrogen-bond acceptors (Lipinski definition) is 1. The quantitative estimate of drug-likeness (QED) is 0.794. The topological polar surface area (TPSA) is 17.1 Å². The molecule has 0 aromatic heterocycles. The molecule has 2 aliphatic carbocycles. The van der Waals surface area contributed by atoms with Gasteiger partial charge in [0.25, 0.3) is 0 Å². The van der Waals surface area contributed by atoms with Crippen LogP contribution in [0.2, 0.25) is 0 Å². The van der Waals surface area contributed by atoms with Crippen LogP contribution in [0, 0.1) is 5.92 Å². The number of hydrogen-bond donors (Lipinski definition) is 0. The van der Waals surface area contributed by atoms with E-state index < -0.39 is 0 Å². The first-order valence-corrected chi connectivity index (χ1v) is 8.46. The maximum absolute atomic E-state index is 12.2. The second kappa shape index (κ2) is 5.39. The fraction of sp³-hybridized carbons (Fsp3) is 0.381. The summed E-state index contributed by atoms with van der Waals surface area (Å²) in [6, 6.07) is 12.9. The van der Waals surface area contributed by atoms with Gasteiger partial charge in [0, 0.05) is 12.0 Å². The number of benzene rings is 2. The predicted octanol–water partition coefficient (Wildman–Crippen LogP) is 4.53. The summed E-state index contributed by atoms with van der Waals surface area (Å²) in [5, 5.41) is 0. The van der Waals surface area contributed by atoms with Crippen LogP contribution in [0.1, 0.15) is 57.9 Å². The smallest absolute Gasteiger partial charge is 0.163 e. The van der Waals surface area contributed by atoms with Gasteiger partial charge in [0.2, 0.25) is 0 Å². The average molecular weight is 290 g/mol. The van der Waals surface area contributed by atoms with Crippen molar-refractivity contribution >= 4 is 5.78 Å². The fourth-order valence-corrected chi connectivity index (χ4v) is 4.17. The third-order valence-electron chi connectivity index (χ3n) is 5.34. The standard InChI is InChI=1S/C21H22O/c1-14-7-8-17-16(11-14)13-20-18(9-10-21(20)22)19(17)12-15-5-3-2-4-6-15/h2-6,13-14H,7-12H2,1H3. The van der Waals surface area contributed by atoms with Crippen LogP contribution in [0.4, 0.5) is 0 Å². The number of Topliss-reactive ketones (excluding diaryl/α,β-unsaturated/α-hetero) is 1. The zero-order valence-electron chi connectivity index (χ0n) is 13.2. The van der Waals surface area contributed by atoms with Gasteiger partial charge < -0.3 is 0 Å². The van der Waals surface area contributed by atoms with Crippen LogP contribution in [0.15, 0.2) is 36.4 Å². The van der Waals surface area contributed by atoms with Crippen LogP contribution >= 0.6 is 0 Å². The van der Waals surface area contributed by atoms with Crippen molar-refractivity contribution < 1.29 is 4.79 Å². The Balaban J connectivity index is 1.85. The van der Waals surface area contributed by atoms with Gasteiger partial charge in [-0.1, -0.05) is 37.3 Å². The van der Waals surface area contributed by atoms with E-state index in [1.54, 1.807) is 5.56 Å². The predicted molar refractivity (Wildman–Crippen MR) is 89.5 cm³/mol. The molecule has 112 valence electrons. The lowest BCUT2D eigenvalue weighted by atomic mass is 9.78. The van der Waals surface area contributed by atoms with E-state index in [0.717, 1.165) is 30.7 Å². The highest BCUT2D eigenvalue weighted by atomic mass is 16.1. The lowest BCUT2D eigenvalue weighted by molar-refractivity contribution is 0.0994. The zero-order valence-corrected chi connectivity index (χ0v) is 13.2. The van der Waals surface area contributed by atoms with E-state index in [1.807, 2.05) is 0 Å². The SMILES string of the molecule is CC1CCc2c(cc3c(c2Cc2ccccc2)CCC3=O)C1. The molecule has 0 bridgehead atoms. The minimum Gasteiger partial charge on any atom is -0.294 e. The first-order chi connectivity index (χ1) is 10.7. The summed E-state index contributed by atoms with van der Waals surface area (Å²) >= 11 is 0. The summed E-state index contributed by atoms with van der Waals surface area (Å²) in [5.74, 6) is 1.09. The summed E-state index contributed by atoms with van der Waals surface area (Å²) < 4.78 is 0. The molecule has 1 nitrogen and oxygen atoms in total. The van der Waals surface area contributed by atoms with Crippen molar-refractivity contribution in [1.29, 1.82) is 0 Å². The van der Waals surface area contributed by atoms with Gasteiger partial charge in [-0.15, -0.1) is 0 Å². The molecule has 0 saturated heterocycles. The summed E-state index contributed by atoms with van der Waals surface area (Å²) in [6.45, 7) is 2.33. The van der Waals surface area contributed by atoms with Gasteiger partial charge in [0.15, 0.2) is 5.78 Å². The molecule has 0 radical (unpaired) electrons. The molecule has 1 unspecified atom stereocenters. The minimum atomic E-state index is 0.352. The molecule has 0 saturated carbocycles. The summed E-state index contributed by atoms with van der Waals surface area (Å²) in [6.07, 6.45) is 6.22. The van der Waals surface area contributed by atoms with Crippen molar-refractivity contribution in [3.63, 3.8) is 0 Å². The minimum absolute atomic E-state index is 0.352. The molecule has 0 amide bonds. The lowest BCUT2D eigenvalue weighted by Gasteiger charge is -2.26. The van der Waals surface area contributed by atoms with E-state index in [1.165, 1.54) is 35.1 Å². The van der Waals surface area contributed by atoms with Crippen LogP contribution in [-0.4, -0.2) is 5.78 Å². The van der Waals surface area contributed by atoms with E-state index >= 15 is 0 Å². The number of carbonyl (C=O) groups excluding carboxylic acids is 1. The van der Waals surface area contributed by atoms with Crippen LogP contribution in [0.3, 0.4) is 0 Å². The van der Waals surface area contributed by atoms with Crippen molar-refractivity contribution in [3.05, 3.63) is 69.8 Å². The summed E-state index contributed by atoms with van der Waals surface area (Å²) in [7, 11) is 0. The Morgan fingerprint density at radius 1 is 1.05 bits per heavy atom. The van der Waals surface area contributed by atoms with Crippen LogP contribution in [0.5, 0.6) is 0 Å². The fourth-order valence-electron chi connectivity index (χ4n) is 4.17. The van der Waals surface area contributed by atoms with Gasteiger partial charge in [0.1, 0.15) is 0 Å². The Labute approximate surface area is 132 Å². The molecular weight excluding hydrogens is 268 g/mol. The molecule has 0 spiro atoms. The molecule has 0 heterocycles. The van der Waals surface area contributed by atoms with E-state index in [4.69, 9.17) is 0 Å². The largest absolute Gasteiger partial charge is 0.294 e. The molecule has 1 atom stereocenters. The first-order valence-electron chi connectivity index (χ1n) is 8.46. The van der Waals surface area contributed by atoms with E-state index in [0.29, 0.717) is 12.2 Å². The highest BCUT2D eigenvalue weighted by Gasteiger charge is 2.28. The molecule has 2 aromatic rings. The second-order valence-corrected chi connectivity index (χ2v) is 6.95.